The van der Waals surface area contributed by atoms with Crippen LogP contribution in [-0.4, -0.2) is 53.2 Å². The average Bonchev–Trinajstić information content (AvgIpc) is 2.81. The van der Waals surface area contributed by atoms with Gasteiger partial charge in [-0.25, -0.2) is 4.79 Å². The highest BCUT2D eigenvalue weighted by molar-refractivity contribution is 5.87. The number of urea groups is 1. The molecular formula is C12H18F3N3O4. The predicted octanol–water partition coefficient (Wildman–Crippen LogP) is 0.545. The Hall–Kier alpha value is -2.00. The molecule has 1 fully saturated rings. The molecule has 0 unspecified atom stereocenters. The van der Waals surface area contributed by atoms with E-state index in [-0.39, 0.29) is 6.42 Å². The van der Waals surface area contributed by atoms with Gasteiger partial charge in [-0.15, -0.1) is 0 Å². The van der Waals surface area contributed by atoms with Crippen molar-refractivity contribution in [2.24, 2.45) is 17.6 Å². The van der Waals surface area contributed by atoms with Gasteiger partial charge in [0.2, 0.25) is 5.91 Å². The Bertz CT molecular complexity index is 455. The number of rotatable bonds is 5. The maximum atomic E-state index is 12.9. The van der Waals surface area contributed by atoms with Crippen LogP contribution in [-0.2, 0) is 9.59 Å². The van der Waals surface area contributed by atoms with Gasteiger partial charge in [-0.2, -0.15) is 13.2 Å². The number of nitrogens with two attached hydrogens (primary N) is 1. The summed E-state index contributed by atoms with van der Waals surface area (Å²) in [5, 5.41) is 11.1. The second kappa shape index (κ2) is 6.84. The molecular weight excluding hydrogens is 307 g/mol. The molecule has 126 valence electrons. The van der Waals surface area contributed by atoms with Crippen LogP contribution in [0.5, 0.6) is 0 Å². The molecule has 0 aromatic heterocycles. The molecule has 1 aliphatic rings. The number of hydrogen-bond acceptors (Lipinski definition) is 3. The van der Waals surface area contributed by atoms with Gasteiger partial charge in [0.15, 0.2) is 0 Å². The fraction of sp³-hybridized carbons (Fsp3) is 0.750. The van der Waals surface area contributed by atoms with Crippen LogP contribution in [0.1, 0.15) is 19.8 Å². The molecule has 0 spiro atoms. The van der Waals surface area contributed by atoms with E-state index in [9.17, 15) is 27.6 Å². The number of amides is 3. The monoisotopic (exact) mass is 325 g/mol. The second-order valence-electron chi connectivity index (χ2n) is 5.19. The van der Waals surface area contributed by atoms with E-state index in [0.29, 0.717) is 6.42 Å². The average molecular weight is 325 g/mol. The number of carboxylic acid groups (broad SMARTS) is 1. The first-order chi connectivity index (χ1) is 10.1. The van der Waals surface area contributed by atoms with Crippen molar-refractivity contribution in [1.82, 2.24) is 10.2 Å². The molecule has 1 saturated heterocycles. The lowest BCUT2D eigenvalue weighted by molar-refractivity contribution is -0.188. The summed E-state index contributed by atoms with van der Waals surface area (Å²) in [7, 11) is 0. The van der Waals surface area contributed by atoms with Gasteiger partial charge in [0.1, 0.15) is 6.04 Å². The Labute approximate surface area is 124 Å². The lowest BCUT2D eigenvalue weighted by atomic mass is 9.96. The normalized spacial score (nSPS) is 23.2. The highest BCUT2D eigenvalue weighted by Gasteiger charge is 2.53. The molecule has 0 saturated carbocycles. The summed E-state index contributed by atoms with van der Waals surface area (Å²) in [6, 6.07) is -2.02. The number of halogens is 3. The third-order valence-electron chi connectivity index (χ3n) is 3.56. The quantitative estimate of drug-likeness (QED) is 0.685. The molecule has 0 radical (unpaired) electrons. The van der Waals surface area contributed by atoms with Crippen molar-refractivity contribution in [3.05, 3.63) is 0 Å². The third kappa shape index (κ3) is 4.25. The van der Waals surface area contributed by atoms with Gasteiger partial charge in [0.25, 0.3) is 0 Å². The molecule has 0 bridgehead atoms. The van der Waals surface area contributed by atoms with Gasteiger partial charge in [0.05, 0.1) is 11.8 Å². The molecule has 4 N–H and O–H groups in total. The van der Waals surface area contributed by atoms with Gasteiger partial charge < -0.3 is 21.1 Å². The standard InChI is InChI=1S/C12H18F3N3O4/c1-2-3-8(17-11(16)22)9(19)18-4-6(10(20)21)7(5-18)12(13,14)15/h6-8H,2-5H2,1H3,(H,20,21)(H3,16,17,22)/t6-,7-,8-/m1/s1. The van der Waals surface area contributed by atoms with Crippen LogP contribution >= 0.6 is 0 Å². The van der Waals surface area contributed by atoms with Crippen molar-refractivity contribution in [2.45, 2.75) is 32.0 Å². The van der Waals surface area contributed by atoms with Crippen LogP contribution in [0, 0.1) is 11.8 Å². The Morgan fingerprint density at radius 2 is 1.95 bits per heavy atom. The maximum absolute atomic E-state index is 12.9. The fourth-order valence-electron chi connectivity index (χ4n) is 2.50. The third-order valence-corrected chi connectivity index (χ3v) is 3.56. The second-order valence-corrected chi connectivity index (χ2v) is 5.19. The van der Waals surface area contributed by atoms with Crippen molar-refractivity contribution >= 4 is 17.9 Å². The first-order valence-electron chi connectivity index (χ1n) is 6.72. The Kier molecular flexibility index (Phi) is 5.61. The Morgan fingerprint density at radius 3 is 2.32 bits per heavy atom. The summed E-state index contributed by atoms with van der Waals surface area (Å²) < 4.78 is 38.6. The van der Waals surface area contributed by atoms with E-state index in [1.165, 1.54) is 0 Å². The van der Waals surface area contributed by atoms with Crippen LogP contribution in [0.25, 0.3) is 0 Å². The zero-order valence-corrected chi connectivity index (χ0v) is 11.9. The van der Waals surface area contributed by atoms with Crippen molar-refractivity contribution in [2.75, 3.05) is 13.1 Å². The number of hydrogen-bond donors (Lipinski definition) is 3. The number of alkyl halides is 3. The van der Waals surface area contributed by atoms with Crippen molar-refractivity contribution in [3.63, 3.8) is 0 Å². The maximum Gasteiger partial charge on any atom is 0.394 e. The van der Waals surface area contributed by atoms with E-state index in [2.05, 4.69) is 5.32 Å². The van der Waals surface area contributed by atoms with Crippen molar-refractivity contribution in [1.29, 1.82) is 0 Å². The molecule has 3 atom stereocenters. The van der Waals surface area contributed by atoms with Gasteiger partial charge in [-0.1, -0.05) is 13.3 Å². The smallest absolute Gasteiger partial charge is 0.394 e. The molecule has 10 heteroatoms. The predicted molar refractivity (Wildman–Crippen MR) is 68.7 cm³/mol. The number of nitrogens with one attached hydrogen (secondary N) is 1. The Morgan fingerprint density at radius 1 is 1.36 bits per heavy atom. The SMILES string of the molecule is CCC[C@@H](NC(N)=O)C(=O)N1C[C@@H](C(F)(F)F)[C@H](C(=O)O)C1. The first-order valence-corrected chi connectivity index (χ1v) is 6.72. The molecule has 0 aliphatic carbocycles. The van der Waals surface area contributed by atoms with E-state index in [4.69, 9.17) is 10.8 Å². The topological polar surface area (TPSA) is 113 Å². The van der Waals surface area contributed by atoms with Gasteiger partial charge in [-0.3, -0.25) is 9.59 Å². The van der Waals surface area contributed by atoms with E-state index in [1.807, 2.05) is 0 Å². The molecule has 0 aromatic rings. The lowest BCUT2D eigenvalue weighted by Crippen LogP contribution is -2.49. The minimum absolute atomic E-state index is 0.201. The van der Waals surface area contributed by atoms with Crippen molar-refractivity contribution < 1.29 is 32.7 Å². The molecule has 1 aliphatic heterocycles. The fourth-order valence-corrected chi connectivity index (χ4v) is 2.50. The summed E-state index contributed by atoms with van der Waals surface area (Å²) in [4.78, 5) is 34.9. The number of carbonyl (C=O) groups excluding carboxylic acids is 2. The number of carboxylic acids is 1. The number of carbonyl (C=O) groups is 3. The summed E-state index contributed by atoms with van der Waals surface area (Å²) in [5.41, 5.74) is 4.94. The molecule has 0 aromatic carbocycles. The Balaban J connectivity index is 2.90. The zero-order chi connectivity index (χ0) is 17.1. The summed E-state index contributed by atoms with van der Waals surface area (Å²) in [6.07, 6.45) is -4.02. The lowest BCUT2D eigenvalue weighted by Gasteiger charge is -2.23. The molecule has 3 amide bonds. The van der Waals surface area contributed by atoms with Gasteiger partial charge in [-0.05, 0) is 6.42 Å². The number of nitrogens with zero attached hydrogens (tertiary/aromatic N) is 1. The summed E-state index contributed by atoms with van der Waals surface area (Å²) in [5.74, 6) is -6.18. The van der Waals surface area contributed by atoms with Crippen molar-refractivity contribution in [3.8, 4) is 0 Å². The highest BCUT2D eigenvalue weighted by Crippen LogP contribution is 2.38. The van der Waals surface area contributed by atoms with E-state index >= 15 is 0 Å². The van der Waals surface area contributed by atoms with Gasteiger partial charge >= 0.3 is 18.2 Å². The van der Waals surface area contributed by atoms with Crippen LogP contribution in [0.2, 0.25) is 0 Å². The van der Waals surface area contributed by atoms with E-state index in [1.54, 1.807) is 6.92 Å². The number of likely N-dealkylation sites (tertiary alicyclic amines) is 1. The molecule has 22 heavy (non-hydrogen) atoms. The summed E-state index contributed by atoms with van der Waals surface area (Å²) >= 11 is 0. The number of aliphatic carboxylic acids is 1. The van der Waals surface area contributed by atoms with Crippen LogP contribution in [0.15, 0.2) is 0 Å². The van der Waals surface area contributed by atoms with E-state index in [0.717, 1.165) is 4.90 Å². The van der Waals surface area contributed by atoms with E-state index < -0.39 is 55.1 Å². The minimum atomic E-state index is -4.71. The molecule has 7 nitrogen and oxygen atoms in total. The summed E-state index contributed by atoms with van der Waals surface area (Å²) in [6.45, 7) is 0.449. The zero-order valence-electron chi connectivity index (χ0n) is 11.9. The number of primary amides is 1. The minimum Gasteiger partial charge on any atom is -0.481 e. The molecule has 1 rings (SSSR count). The first kappa shape index (κ1) is 18.1. The van der Waals surface area contributed by atoms with Crippen LogP contribution in [0.4, 0.5) is 18.0 Å². The van der Waals surface area contributed by atoms with Crippen LogP contribution < -0.4 is 11.1 Å². The van der Waals surface area contributed by atoms with Crippen LogP contribution in [0.3, 0.4) is 0 Å². The molecule has 1 heterocycles. The largest absolute Gasteiger partial charge is 0.481 e. The highest BCUT2D eigenvalue weighted by atomic mass is 19.4. The van der Waals surface area contributed by atoms with Gasteiger partial charge in [0, 0.05) is 13.1 Å².